The van der Waals surface area contributed by atoms with Crippen LogP contribution in [0.15, 0.2) is 72.8 Å². The van der Waals surface area contributed by atoms with Crippen molar-refractivity contribution in [1.82, 2.24) is 4.90 Å². The summed E-state index contributed by atoms with van der Waals surface area (Å²) >= 11 is 0. The van der Waals surface area contributed by atoms with E-state index in [9.17, 15) is 4.79 Å². The van der Waals surface area contributed by atoms with Gasteiger partial charge in [-0.3, -0.25) is 4.79 Å². The van der Waals surface area contributed by atoms with Crippen molar-refractivity contribution in [2.24, 2.45) is 5.73 Å². The van der Waals surface area contributed by atoms with Crippen molar-refractivity contribution in [3.8, 4) is 0 Å². The number of amides is 1. The van der Waals surface area contributed by atoms with Gasteiger partial charge in [-0.2, -0.15) is 0 Å². The van der Waals surface area contributed by atoms with Crippen LogP contribution in [0.25, 0.3) is 10.8 Å². The van der Waals surface area contributed by atoms with Gasteiger partial charge in [0, 0.05) is 19.8 Å². The third-order valence-corrected chi connectivity index (χ3v) is 5.71. The van der Waals surface area contributed by atoms with Crippen molar-refractivity contribution in [3.05, 3.63) is 83.9 Å². The monoisotopic (exact) mass is 448 g/mol. The number of hydrogen-bond acceptors (Lipinski definition) is 4. The smallest absolute Gasteiger partial charge is 0.240 e. The molecule has 0 bridgehead atoms. The number of nitrogens with two attached hydrogens (primary N) is 1. The second-order valence-electron chi connectivity index (χ2n) is 8.21. The zero-order chi connectivity index (χ0) is 23.5. The summed E-state index contributed by atoms with van der Waals surface area (Å²) in [5.41, 5.74) is 8.75. The third kappa shape index (κ3) is 7.67. The molecular weight excluding hydrogens is 412 g/mol. The minimum atomic E-state index is -0.619. The van der Waals surface area contributed by atoms with E-state index in [2.05, 4.69) is 42.5 Å². The summed E-state index contributed by atoms with van der Waals surface area (Å²) in [6.07, 6.45) is 1.79. The third-order valence-electron chi connectivity index (χ3n) is 5.71. The van der Waals surface area contributed by atoms with E-state index in [1.807, 2.05) is 49.1 Å². The summed E-state index contributed by atoms with van der Waals surface area (Å²) in [6.45, 7) is 5.90. The lowest BCUT2D eigenvalue weighted by Gasteiger charge is -2.29. The lowest BCUT2D eigenvalue weighted by molar-refractivity contribution is -0.159. The molecule has 33 heavy (non-hydrogen) atoms. The summed E-state index contributed by atoms with van der Waals surface area (Å²) in [6, 6.07) is 24.2. The number of ether oxygens (including phenoxy) is 2. The Morgan fingerprint density at radius 1 is 0.879 bits per heavy atom. The van der Waals surface area contributed by atoms with Crippen LogP contribution in [0.1, 0.15) is 31.4 Å². The molecule has 5 nitrogen and oxygen atoms in total. The first-order valence-corrected chi connectivity index (χ1v) is 11.9. The number of carbonyl (C=O) groups is 1. The second-order valence-corrected chi connectivity index (χ2v) is 8.21. The number of hydrogen-bond donors (Lipinski definition) is 1. The number of rotatable bonds is 13. The van der Waals surface area contributed by atoms with E-state index in [1.165, 1.54) is 10.9 Å². The molecule has 0 aliphatic carbocycles. The van der Waals surface area contributed by atoms with Gasteiger partial charge in [-0.05, 0) is 55.0 Å². The van der Waals surface area contributed by atoms with Crippen molar-refractivity contribution < 1.29 is 14.3 Å². The Hall–Kier alpha value is -2.73. The van der Waals surface area contributed by atoms with E-state index in [4.69, 9.17) is 15.2 Å². The Bertz CT molecular complexity index is 987. The molecule has 0 saturated carbocycles. The molecule has 5 heteroatoms. The topological polar surface area (TPSA) is 64.8 Å². The fraction of sp³-hybridized carbons (Fsp3) is 0.393. The number of aryl methyl sites for hydroxylation is 1. The predicted molar refractivity (Wildman–Crippen MR) is 134 cm³/mol. The molecule has 3 rings (SSSR count). The van der Waals surface area contributed by atoms with E-state index in [0.29, 0.717) is 32.7 Å². The highest BCUT2D eigenvalue weighted by Crippen LogP contribution is 2.17. The van der Waals surface area contributed by atoms with Crippen LogP contribution in [0.3, 0.4) is 0 Å². The second kappa shape index (κ2) is 13.1. The Labute approximate surface area is 197 Å². The van der Waals surface area contributed by atoms with Gasteiger partial charge in [0.2, 0.25) is 5.91 Å². The van der Waals surface area contributed by atoms with E-state index in [1.54, 1.807) is 0 Å². The van der Waals surface area contributed by atoms with E-state index < -0.39 is 12.3 Å². The molecule has 1 amide bonds. The van der Waals surface area contributed by atoms with Crippen molar-refractivity contribution >= 4 is 16.7 Å². The van der Waals surface area contributed by atoms with Crippen LogP contribution < -0.4 is 5.73 Å². The van der Waals surface area contributed by atoms with Crippen LogP contribution in [0.4, 0.5) is 0 Å². The molecule has 0 aliphatic rings. The Morgan fingerprint density at radius 3 is 2.24 bits per heavy atom. The van der Waals surface area contributed by atoms with Crippen molar-refractivity contribution in [3.63, 3.8) is 0 Å². The van der Waals surface area contributed by atoms with Gasteiger partial charge >= 0.3 is 0 Å². The molecule has 0 unspecified atom stereocenters. The molecule has 0 radical (unpaired) electrons. The Morgan fingerprint density at radius 2 is 1.55 bits per heavy atom. The van der Waals surface area contributed by atoms with Gasteiger partial charge in [-0.15, -0.1) is 0 Å². The number of benzene rings is 3. The lowest BCUT2D eigenvalue weighted by atomic mass is 10.0. The van der Waals surface area contributed by atoms with Gasteiger partial charge in [0.05, 0.1) is 12.6 Å². The lowest BCUT2D eigenvalue weighted by Crippen LogP contribution is -2.48. The fourth-order valence-corrected chi connectivity index (χ4v) is 4.06. The van der Waals surface area contributed by atoms with Gasteiger partial charge in [0.1, 0.15) is 0 Å². The van der Waals surface area contributed by atoms with Gasteiger partial charge in [0.15, 0.2) is 6.29 Å². The maximum atomic E-state index is 13.4. The van der Waals surface area contributed by atoms with E-state index in [0.717, 1.165) is 23.8 Å². The molecule has 3 aromatic rings. The average Bonchev–Trinajstić information content (AvgIpc) is 2.84. The van der Waals surface area contributed by atoms with Crippen LogP contribution in [0.2, 0.25) is 0 Å². The SMILES string of the molecule is CCOC(CN(CCCc1ccccc1)C(=O)[C@@H](N)Cc1ccc2ccccc2c1)OCC. The number of fused-ring (bicyclic) bond motifs is 1. The largest absolute Gasteiger partial charge is 0.351 e. The van der Waals surface area contributed by atoms with E-state index >= 15 is 0 Å². The zero-order valence-electron chi connectivity index (χ0n) is 19.8. The normalized spacial score (nSPS) is 12.2. The quantitative estimate of drug-likeness (QED) is 0.389. The minimum absolute atomic E-state index is 0.0689. The maximum absolute atomic E-state index is 13.4. The highest BCUT2D eigenvalue weighted by molar-refractivity contribution is 5.84. The maximum Gasteiger partial charge on any atom is 0.240 e. The van der Waals surface area contributed by atoms with Crippen LogP contribution in [0, 0.1) is 0 Å². The van der Waals surface area contributed by atoms with Crippen molar-refractivity contribution in [2.45, 2.75) is 45.4 Å². The van der Waals surface area contributed by atoms with Gasteiger partial charge in [0.25, 0.3) is 0 Å². The molecule has 0 spiro atoms. The van der Waals surface area contributed by atoms with Gasteiger partial charge in [-0.25, -0.2) is 0 Å². The summed E-state index contributed by atoms with van der Waals surface area (Å²) in [5.74, 6) is -0.0689. The molecule has 3 aromatic carbocycles. The van der Waals surface area contributed by atoms with Gasteiger partial charge in [-0.1, -0.05) is 72.8 Å². The van der Waals surface area contributed by atoms with Crippen LogP contribution >= 0.6 is 0 Å². The summed E-state index contributed by atoms with van der Waals surface area (Å²) in [5, 5.41) is 2.34. The zero-order valence-corrected chi connectivity index (χ0v) is 19.8. The first-order chi connectivity index (χ1) is 16.1. The summed E-state index contributed by atoms with van der Waals surface area (Å²) in [7, 11) is 0. The number of nitrogens with zero attached hydrogens (tertiary/aromatic N) is 1. The molecule has 176 valence electrons. The molecule has 2 N–H and O–H groups in total. The van der Waals surface area contributed by atoms with Crippen LogP contribution in [-0.2, 0) is 27.1 Å². The Kier molecular flexibility index (Phi) is 9.88. The molecule has 0 aliphatic heterocycles. The number of carbonyl (C=O) groups excluding carboxylic acids is 1. The van der Waals surface area contributed by atoms with E-state index in [-0.39, 0.29) is 5.91 Å². The van der Waals surface area contributed by atoms with Crippen molar-refractivity contribution in [2.75, 3.05) is 26.3 Å². The molecular formula is C28H36N2O3. The fourth-order valence-electron chi connectivity index (χ4n) is 4.06. The minimum Gasteiger partial charge on any atom is -0.351 e. The van der Waals surface area contributed by atoms with Gasteiger partial charge < -0.3 is 20.1 Å². The first kappa shape index (κ1) is 24.9. The first-order valence-electron chi connectivity index (χ1n) is 11.9. The summed E-state index contributed by atoms with van der Waals surface area (Å²) in [4.78, 5) is 15.2. The average molecular weight is 449 g/mol. The van der Waals surface area contributed by atoms with Crippen LogP contribution in [0.5, 0.6) is 0 Å². The highest BCUT2D eigenvalue weighted by atomic mass is 16.7. The highest BCUT2D eigenvalue weighted by Gasteiger charge is 2.24. The predicted octanol–water partition coefficient (Wildman–Crippen LogP) is 4.57. The molecule has 0 saturated heterocycles. The molecule has 0 fully saturated rings. The summed E-state index contributed by atoms with van der Waals surface area (Å²) < 4.78 is 11.4. The molecule has 1 atom stereocenters. The standard InChI is InChI=1S/C28H36N2O3/c1-3-32-27(33-4-2)21-30(18-10-13-22-11-6-5-7-12-22)28(31)26(29)20-23-16-17-24-14-8-9-15-25(24)19-23/h5-9,11-12,14-17,19,26-27H,3-4,10,13,18,20-21,29H2,1-2H3/t26-/m0/s1. The van der Waals surface area contributed by atoms with Crippen LogP contribution in [-0.4, -0.2) is 49.4 Å². The molecule has 0 heterocycles. The molecule has 0 aromatic heterocycles. The Balaban J connectivity index is 1.67. The van der Waals surface area contributed by atoms with Crippen molar-refractivity contribution in [1.29, 1.82) is 0 Å².